The fraction of sp³-hybridized carbons (Fsp3) is 0.500. The maximum atomic E-state index is 10.5. The molecular weight excluding hydrogens is 334 g/mol. The van der Waals surface area contributed by atoms with Crippen molar-refractivity contribution < 1.29 is 19.5 Å². The van der Waals surface area contributed by atoms with E-state index in [0.29, 0.717) is 17.4 Å². The van der Waals surface area contributed by atoms with E-state index in [0.717, 1.165) is 41.7 Å². The smallest absolute Gasteiger partial charge is 0.174 e. The van der Waals surface area contributed by atoms with Crippen molar-refractivity contribution in [1.82, 2.24) is 0 Å². The summed E-state index contributed by atoms with van der Waals surface area (Å²) in [4.78, 5) is 1.41. The molecule has 3 fully saturated rings. The monoisotopic (exact) mass is 354 g/mol. The number of hydrogen-bond acceptors (Lipinski definition) is 3. The number of rotatable bonds is 3. The summed E-state index contributed by atoms with van der Waals surface area (Å²) in [5.74, 6) is 1.81. The minimum absolute atomic E-state index is 0.311. The molecule has 1 aromatic rings. The summed E-state index contributed by atoms with van der Waals surface area (Å²) in [5, 5.41) is 10.5. The van der Waals surface area contributed by atoms with E-state index in [2.05, 4.69) is 22.0 Å². The van der Waals surface area contributed by atoms with Gasteiger partial charge in [0.05, 0.1) is 31.8 Å². The number of halogens is 1. The molecule has 0 unspecified atom stereocenters. The molecule has 114 valence electrons. The number of aliphatic hydroxyl groups excluding tert-OH is 1. The van der Waals surface area contributed by atoms with E-state index in [-0.39, 0.29) is 6.10 Å². The van der Waals surface area contributed by atoms with Gasteiger partial charge in [0.15, 0.2) is 11.5 Å². The van der Waals surface area contributed by atoms with Gasteiger partial charge in [-0.1, -0.05) is 0 Å². The molecule has 3 aliphatic rings. The number of methoxy groups -OCH3 is 2. The summed E-state index contributed by atoms with van der Waals surface area (Å²) < 4.78 is 11.6. The van der Waals surface area contributed by atoms with Crippen molar-refractivity contribution in [1.29, 1.82) is 0 Å². The second-order valence-corrected chi connectivity index (χ2v) is 6.58. The third kappa shape index (κ3) is 2.70. The standard InChI is InChI=1S/C16H20BrNO3/c1-20-14-9-10(7-12(17)16(14)21-2)8-13-15(19)11-3-5-18(13)6-4-11/h7-9,11,15,19H,3-6H2,1-2H3/p+1/b13-8-/t15-/m0/s1. The second-order valence-electron chi connectivity index (χ2n) is 5.72. The Bertz CT molecular complexity index is 561. The Kier molecular flexibility index (Phi) is 4.24. The van der Waals surface area contributed by atoms with Crippen LogP contribution in [0.25, 0.3) is 6.08 Å². The van der Waals surface area contributed by atoms with Gasteiger partial charge in [0, 0.05) is 24.8 Å². The number of fused-ring (bicyclic) bond motifs is 3. The molecule has 4 rings (SSSR count). The van der Waals surface area contributed by atoms with Gasteiger partial charge in [-0.25, -0.2) is 0 Å². The van der Waals surface area contributed by atoms with Gasteiger partial charge in [0.1, 0.15) is 11.8 Å². The first-order valence-corrected chi connectivity index (χ1v) is 8.09. The van der Waals surface area contributed by atoms with E-state index in [1.165, 1.54) is 4.90 Å². The molecule has 3 heterocycles. The molecule has 0 aliphatic carbocycles. The fourth-order valence-electron chi connectivity index (χ4n) is 3.44. The number of aliphatic hydroxyl groups is 1. The van der Waals surface area contributed by atoms with Crippen LogP contribution in [-0.4, -0.2) is 38.5 Å². The number of nitrogens with one attached hydrogen (secondary N) is 1. The Morgan fingerprint density at radius 2 is 1.95 bits per heavy atom. The molecule has 2 N–H and O–H groups in total. The Labute approximate surface area is 133 Å². The predicted molar refractivity (Wildman–Crippen MR) is 84.7 cm³/mol. The lowest BCUT2D eigenvalue weighted by atomic mass is 9.83. The van der Waals surface area contributed by atoms with Gasteiger partial charge in [-0.05, 0) is 33.6 Å². The van der Waals surface area contributed by atoms with Crippen LogP contribution in [0.2, 0.25) is 0 Å². The first-order valence-electron chi connectivity index (χ1n) is 7.30. The molecule has 21 heavy (non-hydrogen) atoms. The van der Waals surface area contributed by atoms with Crippen LogP contribution in [0.15, 0.2) is 22.3 Å². The first kappa shape index (κ1) is 14.9. The highest BCUT2D eigenvalue weighted by molar-refractivity contribution is 9.10. The molecule has 0 amide bonds. The van der Waals surface area contributed by atoms with Crippen LogP contribution in [-0.2, 0) is 0 Å². The lowest BCUT2D eigenvalue weighted by Gasteiger charge is -2.41. The second kappa shape index (κ2) is 5.99. The highest BCUT2D eigenvalue weighted by Gasteiger charge is 2.41. The van der Waals surface area contributed by atoms with E-state index >= 15 is 0 Å². The first-order chi connectivity index (χ1) is 10.1. The molecule has 0 aromatic heterocycles. The van der Waals surface area contributed by atoms with Gasteiger partial charge in [-0.2, -0.15) is 0 Å². The van der Waals surface area contributed by atoms with E-state index in [4.69, 9.17) is 9.47 Å². The molecule has 2 bridgehead atoms. The maximum Gasteiger partial charge on any atom is 0.174 e. The zero-order chi connectivity index (χ0) is 15.0. The zero-order valence-corrected chi connectivity index (χ0v) is 13.9. The molecule has 0 saturated carbocycles. The van der Waals surface area contributed by atoms with Crippen molar-refractivity contribution in [3.05, 3.63) is 27.9 Å². The molecule has 4 nitrogen and oxygen atoms in total. The highest BCUT2D eigenvalue weighted by atomic mass is 79.9. The molecule has 1 atom stereocenters. The Morgan fingerprint density at radius 1 is 1.24 bits per heavy atom. The van der Waals surface area contributed by atoms with Gasteiger partial charge in [0.2, 0.25) is 0 Å². The summed E-state index contributed by atoms with van der Waals surface area (Å²) in [5.41, 5.74) is 2.13. The largest absolute Gasteiger partial charge is 0.493 e. The molecule has 3 saturated heterocycles. The Hall–Kier alpha value is -1.04. The van der Waals surface area contributed by atoms with Crippen LogP contribution in [0, 0.1) is 5.92 Å². The normalized spacial score (nSPS) is 29.7. The highest BCUT2D eigenvalue weighted by Crippen LogP contribution is 2.37. The van der Waals surface area contributed by atoms with Gasteiger partial charge in [-0.15, -0.1) is 0 Å². The summed E-state index contributed by atoms with van der Waals surface area (Å²) in [6.45, 7) is 2.25. The minimum atomic E-state index is -0.311. The van der Waals surface area contributed by atoms with Crippen molar-refractivity contribution in [2.75, 3.05) is 27.3 Å². The van der Waals surface area contributed by atoms with Gasteiger partial charge >= 0.3 is 0 Å². The van der Waals surface area contributed by atoms with Crippen LogP contribution >= 0.6 is 15.9 Å². The lowest BCUT2D eigenvalue weighted by Crippen LogP contribution is -3.14. The third-order valence-corrected chi connectivity index (χ3v) is 5.17. The number of piperidine rings is 3. The number of benzene rings is 1. The molecule has 0 spiro atoms. The predicted octanol–water partition coefficient (Wildman–Crippen LogP) is 1.48. The van der Waals surface area contributed by atoms with Crippen molar-refractivity contribution in [3.63, 3.8) is 0 Å². The summed E-state index contributed by atoms with van der Waals surface area (Å²) in [6.07, 6.45) is 4.04. The zero-order valence-electron chi connectivity index (χ0n) is 12.4. The van der Waals surface area contributed by atoms with Crippen LogP contribution in [0.1, 0.15) is 18.4 Å². The van der Waals surface area contributed by atoms with Crippen molar-refractivity contribution in [3.8, 4) is 11.5 Å². The van der Waals surface area contributed by atoms with E-state index < -0.39 is 0 Å². The van der Waals surface area contributed by atoms with Crippen molar-refractivity contribution >= 4 is 22.0 Å². The van der Waals surface area contributed by atoms with Crippen LogP contribution in [0.3, 0.4) is 0 Å². The summed E-state index contributed by atoms with van der Waals surface area (Å²) in [7, 11) is 3.26. The van der Waals surface area contributed by atoms with Gasteiger partial charge < -0.3 is 19.5 Å². The van der Waals surface area contributed by atoms with E-state index in [1.807, 2.05) is 12.1 Å². The average Bonchev–Trinajstić information content (AvgIpc) is 2.50. The van der Waals surface area contributed by atoms with E-state index in [9.17, 15) is 5.11 Å². The number of ether oxygens (including phenoxy) is 2. The third-order valence-electron chi connectivity index (χ3n) is 4.59. The Morgan fingerprint density at radius 3 is 2.52 bits per heavy atom. The quantitative estimate of drug-likeness (QED) is 0.863. The van der Waals surface area contributed by atoms with E-state index in [1.54, 1.807) is 14.2 Å². The van der Waals surface area contributed by atoms with Gasteiger partial charge in [-0.3, -0.25) is 0 Å². The average molecular weight is 355 g/mol. The summed E-state index contributed by atoms with van der Waals surface area (Å²) in [6, 6.07) is 3.95. The summed E-state index contributed by atoms with van der Waals surface area (Å²) >= 11 is 3.52. The molecule has 1 aromatic carbocycles. The fourth-order valence-corrected chi connectivity index (χ4v) is 4.07. The van der Waals surface area contributed by atoms with Gasteiger partial charge in [0.25, 0.3) is 0 Å². The van der Waals surface area contributed by atoms with Crippen molar-refractivity contribution in [2.45, 2.75) is 18.9 Å². The molecule has 5 heteroatoms. The van der Waals surface area contributed by atoms with Crippen molar-refractivity contribution in [2.24, 2.45) is 5.92 Å². The van der Waals surface area contributed by atoms with Crippen LogP contribution in [0.4, 0.5) is 0 Å². The minimum Gasteiger partial charge on any atom is -0.493 e. The van der Waals surface area contributed by atoms with Crippen LogP contribution in [0.5, 0.6) is 11.5 Å². The molecular formula is C16H21BrNO3+. The molecule has 3 aliphatic heterocycles. The molecule has 0 radical (unpaired) electrons. The number of hydrogen-bond donors (Lipinski definition) is 2. The SMILES string of the molecule is COc1cc(/C=C2/[C@@H](O)C3CC[NH+]2CC3)cc(Br)c1OC. The topological polar surface area (TPSA) is 43.1 Å². The van der Waals surface area contributed by atoms with Crippen LogP contribution < -0.4 is 14.4 Å². The lowest BCUT2D eigenvalue weighted by molar-refractivity contribution is -0.880. The Balaban J connectivity index is 1.97. The maximum absolute atomic E-state index is 10.5. The number of quaternary nitrogens is 1.